The van der Waals surface area contributed by atoms with E-state index in [-0.39, 0.29) is 16.5 Å². The molecule has 0 amide bonds. The molecule has 1 saturated heterocycles. The number of hydrogen-bond donors (Lipinski definition) is 0. The number of carbonyl (C=O) groups is 1. The number of piperidine rings is 1. The minimum atomic E-state index is -3.86. The number of nitrogens with zero attached hydrogens (tertiary/aromatic N) is 1. The average molecular weight is 426 g/mol. The summed E-state index contributed by atoms with van der Waals surface area (Å²) in [5, 5.41) is 0.488. The van der Waals surface area contributed by atoms with Crippen LogP contribution in [0.1, 0.15) is 34.3 Å². The average Bonchev–Trinajstić information content (AvgIpc) is 2.90. The summed E-state index contributed by atoms with van der Waals surface area (Å²) >= 11 is 12.2. The van der Waals surface area contributed by atoms with Crippen LogP contribution in [0.5, 0.6) is 0 Å². The molecular weight excluding hydrogens is 409 g/mol. The van der Waals surface area contributed by atoms with Crippen molar-refractivity contribution in [2.75, 3.05) is 13.1 Å². The van der Waals surface area contributed by atoms with E-state index >= 15 is 0 Å². The summed E-state index contributed by atoms with van der Waals surface area (Å²) in [4.78, 5) is 12.3. The van der Waals surface area contributed by atoms with Crippen LogP contribution in [0, 0.1) is 6.92 Å². The molecule has 0 radical (unpaired) electrons. The lowest BCUT2D eigenvalue weighted by atomic mass is 9.86. The predicted molar refractivity (Wildman–Crippen MR) is 103 cm³/mol. The normalized spacial score (nSPS) is 22.7. The summed E-state index contributed by atoms with van der Waals surface area (Å²) in [5.41, 5.74) is 0.918. The molecule has 2 aromatic rings. The van der Waals surface area contributed by atoms with Crippen LogP contribution in [-0.2, 0) is 20.4 Å². The zero-order valence-electron chi connectivity index (χ0n) is 14.5. The van der Waals surface area contributed by atoms with Crippen molar-refractivity contribution in [2.24, 2.45) is 0 Å². The van der Waals surface area contributed by atoms with Gasteiger partial charge in [0.2, 0.25) is 10.0 Å². The van der Waals surface area contributed by atoms with Gasteiger partial charge in [0.15, 0.2) is 5.60 Å². The van der Waals surface area contributed by atoms with E-state index in [0.717, 1.165) is 5.56 Å². The van der Waals surface area contributed by atoms with Gasteiger partial charge in [0, 0.05) is 17.1 Å². The van der Waals surface area contributed by atoms with Crippen LogP contribution in [-0.4, -0.2) is 31.8 Å². The molecular formula is C19H17Cl2NO4S. The molecule has 0 bridgehead atoms. The summed E-state index contributed by atoms with van der Waals surface area (Å²) < 4.78 is 33.6. The van der Waals surface area contributed by atoms with Crippen LogP contribution in [0.3, 0.4) is 0 Å². The molecule has 8 heteroatoms. The molecule has 5 nitrogen and oxygen atoms in total. The lowest BCUT2D eigenvalue weighted by Crippen LogP contribution is -2.48. The fraction of sp³-hybridized carbons (Fsp3) is 0.316. The predicted octanol–water partition coefficient (Wildman–Crippen LogP) is 4.15. The first-order valence-corrected chi connectivity index (χ1v) is 10.7. The Morgan fingerprint density at radius 1 is 1.15 bits per heavy atom. The lowest BCUT2D eigenvalue weighted by Gasteiger charge is -2.39. The number of esters is 1. The van der Waals surface area contributed by atoms with Gasteiger partial charge in [-0.05, 0) is 43.5 Å². The first kappa shape index (κ1) is 18.7. The van der Waals surface area contributed by atoms with Gasteiger partial charge in [-0.15, -0.1) is 0 Å². The molecule has 0 saturated carbocycles. The summed E-state index contributed by atoms with van der Waals surface area (Å²) in [7, 11) is -3.86. The highest BCUT2D eigenvalue weighted by atomic mass is 35.5. The number of fused-ring (bicyclic) bond motifs is 2. The van der Waals surface area contributed by atoms with Crippen molar-refractivity contribution in [1.82, 2.24) is 4.31 Å². The Balaban J connectivity index is 1.74. The SMILES string of the molecule is Cc1cc(S(=O)(=O)N2CCC[C@@]3(C2)OC(=O)c2ccccc23)c(Cl)cc1Cl. The van der Waals surface area contributed by atoms with Crippen molar-refractivity contribution in [3.63, 3.8) is 0 Å². The van der Waals surface area contributed by atoms with Crippen LogP contribution >= 0.6 is 23.2 Å². The van der Waals surface area contributed by atoms with Crippen LogP contribution in [0.4, 0.5) is 0 Å². The van der Waals surface area contributed by atoms with Gasteiger partial charge >= 0.3 is 5.97 Å². The Kier molecular flexibility index (Phi) is 4.50. The summed E-state index contributed by atoms with van der Waals surface area (Å²) in [6.45, 7) is 2.13. The molecule has 0 N–H and O–H groups in total. The number of sulfonamides is 1. The molecule has 0 unspecified atom stereocenters. The summed E-state index contributed by atoms with van der Waals surface area (Å²) in [5.74, 6) is -0.412. The van der Waals surface area contributed by atoms with Crippen molar-refractivity contribution < 1.29 is 17.9 Å². The second-order valence-electron chi connectivity index (χ2n) is 6.90. The van der Waals surface area contributed by atoms with Gasteiger partial charge in [-0.2, -0.15) is 4.31 Å². The van der Waals surface area contributed by atoms with E-state index in [9.17, 15) is 13.2 Å². The smallest absolute Gasteiger partial charge is 0.339 e. The summed E-state index contributed by atoms with van der Waals surface area (Å²) in [6, 6.07) is 10.1. The van der Waals surface area contributed by atoms with Gasteiger partial charge in [0.05, 0.1) is 17.1 Å². The van der Waals surface area contributed by atoms with E-state index in [2.05, 4.69) is 0 Å². The fourth-order valence-corrected chi connectivity index (χ4v) is 6.14. The topological polar surface area (TPSA) is 63.7 Å². The molecule has 2 heterocycles. The molecule has 0 aromatic heterocycles. The first-order chi connectivity index (χ1) is 12.7. The van der Waals surface area contributed by atoms with Gasteiger partial charge in [-0.1, -0.05) is 41.4 Å². The monoisotopic (exact) mass is 425 g/mol. The second kappa shape index (κ2) is 6.48. The van der Waals surface area contributed by atoms with Crippen LogP contribution in [0.2, 0.25) is 10.0 Å². The van der Waals surface area contributed by atoms with Crippen LogP contribution in [0.15, 0.2) is 41.3 Å². The number of halogens is 2. The fourth-order valence-electron chi connectivity index (χ4n) is 3.81. The Bertz CT molecular complexity index is 1050. The maximum atomic E-state index is 13.3. The van der Waals surface area contributed by atoms with Crippen molar-refractivity contribution in [2.45, 2.75) is 30.3 Å². The maximum absolute atomic E-state index is 13.3. The maximum Gasteiger partial charge on any atom is 0.339 e. The van der Waals surface area contributed by atoms with E-state index in [1.807, 2.05) is 12.1 Å². The highest BCUT2D eigenvalue weighted by molar-refractivity contribution is 7.89. The Labute approximate surface area is 167 Å². The zero-order valence-corrected chi connectivity index (χ0v) is 16.9. The van der Waals surface area contributed by atoms with Gasteiger partial charge in [-0.25, -0.2) is 13.2 Å². The number of hydrogen-bond acceptors (Lipinski definition) is 4. The van der Waals surface area contributed by atoms with E-state index in [1.54, 1.807) is 19.1 Å². The number of ether oxygens (including phenoxy) is 1. The van der Waals surface area contributed by atoms with Gasteiger partial charge in [0.25, 0.3) is 0 Å². The number of benzene rings is 2. The van der Waals surface area contributed by atoms with Crippen LogP contribution in [0.25, 0.3) is 0 Å². The van der Waals surface area contributed by atoms with Crippen molar-refractivity contribution in [3.05, 3.63) is 63.1 Å². The molecule has 1 spiro atoms. The molecule has 0 aliphatic carbocycles. The van der Waals surface area contributed by atoms with Gasteiger partial charge in [-0.3, -0.25) is 0 Å². The zero-order chi connectivity index (χ0) is 19.4. The minimum Gasteiger partial charge on any atom is -0.449 e. The molecule has 142 valence electrons. The number of carbonyl (C=O) groups excluding carboxylic acids is 1. The highest BCUT2D eigenvalue weighted by Crippen LogP contribution is 2.44. The van der Waals surface area contributed by atoms with Gasteiger partial charge < -0.3 is 4.74 Å². The molecule has 2 aromatic carbocycles. The van der Waals surface area contributed by atoms with E-state index in [0.29, 0.717) is 35.5 Å². The van der Waals surface area contributed by atoms with Gasteiger partial charge in [0.1, 0.15) is 4.90 Å². The largest absolute Gasteiger partial charge is 0.449 e. The van der Waals surface area contributed by atoms with E-state index in [1.165, 1.54) is 16.4 Å². The quantitative estimate of drug-likeness (QED) is 0.677. The molecule has 4 rings (SSSR count). The molecule has 1 atom stereocenters. The Hall–Kier alpha value is -1.60. The Morgan fingerprint density at radius 3 is 2.67 bits per heavy atom. The number of aryl methyl sites for hydroxylation is 1. The van der Waals surface area contributed by atoms with Crippen molar-refractivity contribution >= 4 is 39.2 Å². The first-order valence-electron chi connectivity index (χ1n) is 8.53. The van der Waals surface area contributed by atoms with E-state index < -0.39 is 21.6 Å². The third-order valence-corrected chi connectivity index (χ3v) is 7.89. The Morgan fingerprint density at radius 2 is 1.89 bits per heavy atom. The second-order valence-corrected chi connectivity index (χ2v) is 9.62. The third-order valence-electron chi connectivity index (χ3n) is 5.18. The number of rotatable bonds is 2. The third kappa shape index (κ3) is 2.95. The van der Waals surface area contributed by atoms with Crippen molar-refractivity contribution in [1.29, 1.82) is 0 Å². The molecule has 2 aliphatic rings. The lowest BCUT2D eigenvalue weighted by molar-refractivity contribution is -0.0345. The summed E-state index contributed by atoms with van der Waals surface area (Å²) in [6.07, 6.45) is 1.15. The van der Waals surface area contributed by atoms with E-state index in [4.69, 9.17) is 27.9 Å². The molecule has 27 heavy (non-hydrogen) atoms. The van der Waals surface area contributed by atoms with Crippen molar-refractivity contribution in [3.8, 4) is 0 Å². The molecule has 2 aliphatic heterocycles. The highest BCUT2D eigenvalue weighted by Gasteiger charge is 2.50. The molecule has 1 fully saturated rings. The van der Waals surface area contributed by atoms with Crippen LogP contribution < -0.4 is 0 Å². The minimum absolute atomic E-state index is 0.0146. The standard InChI is InChI=1S/C19H17Cl2NO4S/c1-12-9-17(16(21)10-15(12)20)27(24,25)22-8-4-7-19(11-22)14-6-3-2-5-13(14)18(23)26-19/h2-3,5-6,9-10H,4,7-8,11H2,1H3/t19-/m0/s1.